The maximum Gasteiger partial charge on any atom is 0.250 e. The van der Waals surface area contributed by atoms with Crippen LogP contribution in [-0.4, -0.2) is 68.4 Å². The molecule has 2 heterocycles. The largest absolute Gasteiger partial charge is 0.356 e. The van der Waals surface area contributed by atoms with Crippen molar-refractivity contribution in [2.24, 2.45) is 17.8 Å². The van der Waals surface area contributed by atoms with Crippen LogP contribution in [0, 0.1) is 17.8 Å². The summed E-state index contributed by atoms with van der Waals surface area (Å²) in [6, 6.07) is 5.83. The molecule has 2 aliphatic heterocycles. The highest BCUT2D eigenvalue weighted by atomic mass is 32.2. The molecule has 12 heteroatoms. The Bertz CT molecular complexity index is 1250. The van der Waals surface area contributed by atoms with Gasteiger partial charge in [0.2, 0.25) is 32.7 Å². The predicted octanol–water partition coefficient (Wildman–Crippen LogP) is 1.36. The topological polar surface area (TPSA) is 142 Å². The second-order valence-corrected chi connectivity index (χ2v) is 12.6. The Morgan fingerprint density at radius 2 is 1.87 bits per heavy atom. The lowest BCUT2D eigenvalue weighted by Crippen LogP contribution is -2.53. The molecule has 3 aliphatic rings. The molecule has 6 atom stereocenters. The van der Waals surface area contributed by atoms with Gasteiger partial charge in [-0.15, -0.1) is 0 Å². The molecular formula is C27H35FN4O6S. The van der Waals surface area contributed by atoms with Crippen molar-refractivity contribution in [1.82, 2.24) is 20.9 Å². The molecule has 10 nitrogen and oxygen atoms in total. The van der Waals surface area contributed by atoms with E-state index in [0.717, 1.165) is 31.6 Å². The van der Waals surface area contributed by atoms with E-state index in [0.29, 0.717) is 25.1 Å². The first-order chi connectivity index (χ1) is 18.5. The summed E-state index contributed by atoms with van der Waals surface area (Å²) in [4.78, 5) is 53.3. The Morgan fingerprint density at radius 1 is 1.15 bits per heavy atom. The van der Waals surface area contributed by atoms with Crippen molar-refractivity contribution in [2.45, 2.75) is 57.2 Å². The second kappa shape index (κ2) is 11.8. The molecule has 0 spiro atoms. The summed E-state index contributed by atoms with van der Waals surface area (Å²) in [5.41, 5.74) is 0.581. The molecule has 3 fully saturated rings. The summed E-state index contributed by atoms with van der Waals surface area (Å²) >= 11 is 0. The van der Waals surface area contributed by atoms with Crippen LogP contribution in [0.4, 0.5) is 4.39 Å². The first kappa shape index (κ1) is 28.7. The zero-order valence-corrected chi connectivity index (χ0v) is 22.9. The zero-order chi connectivity index (χ0) is 28.3. The summed E-state index contributed by atoms with van der Waals surface area (Å²) < 4.78 is 38.1. The van der Waals surface area contributed by atoms with E-state index in [-0.39, 0.29) is 24.2 Å². The van der Waals surface area contributed by atoms with Crippen LogP contribution in [0.3, 0.4) is 0 Å². The van der Waals surface area contributed by atoms with Crippen LogP contribution in [0.15, 0.2) is 41.6 Å². The SMILES string of the molecule is CC(=O)N[C@H](C(=O)N1C[C@H]2CCC[C@H]2[C@H]1C(=O)N[C@H](/C=C(/F)S(C)(=O)=O)C[C@@H]1CCNC1=O)c1ccccc1. The lowest BCUT2D eigenvalue weighted by atomic mass is 9.92. The molecular weight excluding hydrogens is 527 g/mol. The fourth-order valence-electron chi connectivity index (χ4n) is 6.07. The maximum absolute atomic E-state index is 14.5. The monoisotopic (exact) mass is 562 g/mol. The summed E-state index contributed by atoms with van der Waals surface area (Å²) in [7, 11) is -4.15. The Labute approximate surface area is 227 Å². The van der Waals surface area contributed by atoms with Gasteiger partial charge in [0.05, 0.1) is 6.04 Å². The Hall–Kier alpha value is -3.28. The van der Waals surface area contributed by atoms with E-state index in [4.69, 9.17) is 0 Å². The van der Waals surface area contributed by atoms with E-state index in [1.165, 1.54) is 11.8 Å². The molecule has 3 N–H and O–H groups in total. The third-order valence-electron chi connectivity index (χ3n) is 7.88. The van der Waals surface area contributed by atoms with E-state index in [1.807, 2.05) is 0 Å². The van der Waals surface area contributed by atoms with Crippen LogP contribution in [0.1, 0.15) is 50.6 Å². The standard InChI is InChI=1S/C27H35FN4O6S/c1-16(33)30-23(17-7-4-3-5-8-17)27(36)32-15-19-9-6-10-21(19)24(32)26(35)31-20(14-22(28)39(2,37)38)13-18-11-12-29-25(18)34/h3-5,7-8,14,18-21,23-24H,6,9-13,15H2,1-2H3,(H,29,34)(H,30,33)(H,31,35)/b22-14-/t18-,19+,20-,21+,23-,24-/m0/s1. The Morgan fingerprint density at radius 3 is 2.49 bits per heavy atom. The van der Waals surface area contributed by atoms with Gasteiger partial charge in [0, 0.05) is 32.2 Å². The van der Waals surface area contributed by atoms with E-state index in [1.54, 1.807) is 30.3 Å². The number of nitrogens with zero attached hydrogens (tertiary/aromatic N) is 1. The normalized spacial score (nSPS) is 26.5. The number of nitrogens with one attached hydrogen (secondary N) is 3. The minimum absolute atomic E-state index is 0.0216. The van der Waals surface area contributed by atoms with Gasteiger partial charge in [-0.1, -0.05) is 36.8 Å². The van der Waals surface area contributed by atoms with E-state index in [2.05, 4.69) is 16.0 Å². The van der Waals surface area contributed by atoms with Crippen LogP contribution in [0.25, 0.3) is 0 Å². The average molecular weight is 563 g/mol. The molecule has 0 unspecified atom stereocenters. The average Bonchev–Trinajstić information content (AvgIpc) is 3.58. The predicted molar refractivity (Wildman–Crippen MR) is 141 cm³/mol. The van der Waals surface area contributed by atoms with Crippen LogP contribution in [0.5, 0.6) is 0 Å². The lowest BCUT2D eigenvalue weighted by Gasteiger charge is -2.32. The molecule has 0 bridgehead atoms. The Kier molecular flexibility index (Phi) is 8.73. The number of rotatable bonds is 9. The Balaban J connectivity index is 1.62. The minimum atomic E-state index is -4.15. The van der Waals surface area contributed by atoms with Gasteiger partial charge in [0.15, 0.2) is 0 Å². The van der Waals surface area contributed by atoms with Crippen molar-refractivity contribution < 1.29 is 32.0 Å². The number of carbonyl (C=O) groups is 4. The molecule has 1 aromatic carbocycles. The van der Waals surface area contributed by atoms with Crippen LogP contribution < -0.4 is 16.0 Å². The van der Waals surface area contributed by atoms with Gasteiger partial charge < -0.3 is 20.9 Å². The number of hydrogen-bond acceptors (Lipinski definition) is 6. The molecule has 1 aliphatic carbocycles. The van der Waals surface area contributed by atoms with E-state index >= 15 is 0 Å². The quantitative estimate of drug-likeness (QED) is 0.415. The van der Waals surface area contributed by atoms with Crippen LogP contribution in [-0.2, 0) is 29.0 Å². The van der Waals surface area contributed by atoms with Crippen molar-refractivity contribution in [3.8, 4) is 0 Å². The molecule has 2 saturated heterocycles. The molecule has 0 radical (unpaired) electrons. The van der Waals surface area contributed by atoms with Gasteiger partial charge >= 0.3 is 0 Å². The number of carbonyl (C=O) groups excluding carboxylic acids is 4. The summed E-state index contributed by atoms with van der Waals surface area (Å²) in [5, 5.41) is 6.75. The van der Waals surface area contributed by atoms with Crippen molar-refractivity contribution in [2.75, 3.05) is 19.3 Å². The number of halogens is 1. The number of benzene rings is 1. The number of sulfone groups is 1. The third kappa shape index (κ3) is 6.66. The molecule has 212 valence electrons. The zero-order valence-electron chi connectivity index (χ0n) is 22.1. The van der Waals surface area contributed by atoms with Crippen molar-refractivity contribution in [1.29, 1.82) is 0 Å². The van der Waals surface area contributed by atoms with Gasteiger partial charge in [-0.3, -0.25) is 19.2 Å². The minimum Gasteiger partial charge on any atom is -0.356 e. The highest BCUT2D eigenvalue weighted by Crippen LogP contribution is 2.43. The van der Waals surface area contributed by atoms with Gasteiger partial charge in [-0.05, 0) is 49.2 Å². The molecule has 4 rings (SSSR count). The van der Waals surface area contributed by atoms with Gasteiger partial charge in [-0.2, -0.15) is 4.39 Å². The summed E-state index contributed by atoms with van der Waals surface area (Å²) in [6.45, 7) is 2.10. The molecule has 4 amide bonds. The van der Waals surface area contributed by atoms with Gasteiger partial charge in [0.25, 0.3) is 5.91 Å². The van der Waals surface area contributed by atoms with Crippen molar-refractivity contribution >= 4 is 33.5 Å². The van der Waals surface area contributed by atoms with Gasteiger partial charge in [-0.25, -0.2) is 8.42 Å². The van der Waals surface area contributed by atoms with Crippen molar-refractivity contribution in [3.63, 3.8) is 0 Å². The van der Waals surface area contributed by atoms with Crippen LogP contribution >= 0.6 is 0 Å². The molecule has 1 aromatic rings. The summed E-state index contributed by atoms with van der Waals surface area (Å²) in [5.74, 6) is -2.13. The first-order valence-electron chi connectivity index (χ1n) is 13.2. The smallest absolute Gasteiger partial charge is 0.250 e. The lowest BCUT2D eigenvalue weighted by molar-refractivity contribution is -0.142. The highest BCUT2D eigenvalue weighted by molar-refractivity contribution is 7.94. The fourth-order valence-corrected chi connectivity index (χ4v) is 6.48. The molecule has 39 heavy (non-hydrogen) atoms. The number of amides is 4. The highest BCUT2D eigenvalue weighted by Gasteiger charge is 2.51. The summed E-state index contributed by atoms with van der Waals surface area (Å²) in [6.07, 6.45) is 4.54. The number of hydrogen-bond donors (Lipinski definition) is 3. The maximum atomic E-state index is 14.5. The van der Waals surface area contributed by atoms with Gasteiger partial charge in [0.1, 0.15) is 12.1 Å². The van der Waals surface area contributed by atoms with E-state index < -0.39 is 56.8 Å². The second-order valence-electron chi connectivity index (χ2n) is 10.7. The van der Waals surface area contributed by atoms with Crippen LogP contribution in [0.2, 0.25) is 0 Å². The fraction of sp³-hybridized carbons (Fsp3) is 0.556. The number of likely N-dealkylation sites (tertiary alicyclic amines) is 1. The molecule has 0 aromatic heterocycles. The third-order valence-corrected chi connectivity index (χ3v) is 8.73. The van der Waals surface area contributed by atoms with Crippen molar-refractivity contribution in [3.05, 3.63) is 47.1 Å². The number of fused-ring (bicyclic) bond motifs is 1. The first-order valence-corrected chi connectivity index (χ1v) is 15.1. The van der Waals surface area contributed by atoms with E-state index in [9.17, 15) is 32.0 Å². The molecule has 1 saturated carbocycles.